The molecule has 0 N–H and O–H groups in total. The Labute approximate surface area is 187 Å². The van der Waals surface area contributed by atoms with Crippen LogP contribution in [-0.2, 0) is 6.54 Å². The van der Waals surface area contributed by atoms with E-state index in [1.54, 1.807) is 18.4 Å². The minimum absolute atomic E-state index is 0.0479. The molecule has 8 heteroatoms. The number of carbonyl (C=O) groups excluding carboxylic acids is 1. The molecular formula is C23H31N5O2S. The number of imidazole rings is 1. The van der Waals surface area contributed by atoms with Gasteiger partial charge in [0.1, 0.15) is 5.75 Å². The summed E-state index contributed by atoms with van der Waals surface area (Å²) in [5.41, 5.74) is 2.75. The standard InChI is InChI=1S/C23H31N5O2S/c1-17(18-6-8-19(30-4)9-7-18)26(3)16-20-21(24-23-28(20)14-15-31-23)22(29)27-11-5-10-25(2)12-13-27/h6-9,14-15,17H,5,10-13,16H2,1-4H3. The van der Waals surface area contributed by atoms with Gasteiger partial charge < -0.3 is 14.5 Å². The molecule has 2 aromatic heterocycles. The molecule has 0 bridgehead atoms. The topological polar surface area (TPSA) is 53.3 Å². The largest absolute Gasteiger partial charge is 0.497 e. The molecule has 1 aromatic carbocycles. The zero-order valence-electron chi connectivity index (χ0n) is 18.7. The molecule has 0 aliphatic carbocycles. The van der Waals surface area contributed by atoms with Gasteiger partial charge in [0.25, 0.3) is 5.91 Å². The predicted molar refractivity (Wildman–Crippen MR) is 124 cm³/mol. The fraction of sp³-hybridized carbons (Fsp3) is 0.478. The van der Waals surface area contributed by atoms with E-state index in [1.807, 2.05) is 28.6 Å². The molecule has 0 radical (unpaired) electrons. The van der Waals surface area contributed by atoms with Crippen molar-refractivity contribution >= 4 is 22.2 Å². The fourth-order valence-corrected chi connectivity index (χ4v) is 4.80. The first-order chi connectivity index (χ1) is 15.0. The first kappa shape index (κ1) is 21.8. The van der Waals surface area contributed by atoms with Gasteiger partial charge in [-0.15, -0.1) is 11.3 Å². The highest BCUT2D eigenvalue weighted by Crippen LogP contribution is 2.26. The number of carbonyl (C=O) groups is 1. The summed E-state index contributed by atoms with van der Waals surface area (Å²) in [5.74, 6) is 0.900. The van der Waals surface area contributed by atoms with Crippen molar-refractivity contribution in [1.82, 2.24) is 24.1 Å². The van der Waals surface area contributed by atoms with Crippen molar-refractivity contribution in [2.45, 2.75) is 25.9 Å². The summed E-state index contributed by atoms with van der Waals surface area (Å²) in [6, 6.07) is 8.35. The average Bonchev–Trinajstić information content (AvgIpc) is 3.30. The van der Waals surface area contributed by atoms with Crippen molar-refractivity contribution in [1.29, 1.82) is 0 Å². The van der Waals surface area contributed by atoms with E-state index in [4.69, 9.17) is 9.72 Å². The van der Waals surface area contributed by atoms with Crippen LogP contribution in [0.25, 0.3) is 4.96 Å². The smallest absolute Gasteiger partial charge is 0.274 e. The Morgan fingerprint density at radius 1 is 1.23 bits per heavy atom. The second-order valence-corrected chi connectivity index (χ2v) is 9.15. The van der Waals surface area contributed by atoms with E-state index in [2.05, 4.69) is 47.4 Å². The average molecular weight is 442 g/mol. The lowest BCUT2D eigenvalue weighted by molar-refractivity contribution is 0.0755. The number of aromatic nitrogens is 2. The molecule has 31 heavy (non-hydrogen) atoms. The molecule has 1 aliphatic rings. The zero-order chi connectivity index (χ0) is 22.0. The van der Waals surface area contributed by atoms with Crippen LogP contribution in [0.15, 0.2) is 35.8 Å². The normalized spacial score (nSPS) is 16.6. The van der Waals surface area contributed by atoms with E-state index in [-0.39, 0.29) is 11.9 Å². The van der Waals surface area contributed by atoms with Gasteiger partial charge in [0.05, 0.1) is 12.8 Å². The van der Waals surface area contributed by atoms with Crippen LogP contribution in [0, 0.1) is 0 Å². The number of methoxy groups -OCH3 is 1. The van der Waals surface area contributed by atoms with Crippen LogP contribution in [0.2, 0.25) is 0 Å². The van der Waals surface area contributed by atoms with Gasteiger partial charge in [-0.2, -0.15) is 0 Å². The van der Waals surface area contributed by atoms with Crippen LogP contribution >= 0.6 is 11.3 Å². The Hall–Kier alpha value is -2.42. The highest BCUT2D eigenvalue weighted by atomic mass is 32.1. The number of hydrogen-bond acceptors (Lipinski definition) is 6. The Kier molecular flexibility index (Phi) is 6.60. The highest BCUT2D eigenvalue weighted by Gasteiger charge is 2.27. The molecule has 1 atom stereocenters. The third-order valence-corrected chi connectivity index (χ3v) is 6.99. The van der Waals surface area contributed by atoms with Gasteiger partial charge in [0.15, 0.2) is 10.7 Å². The molecule has 3 aromatic rings. The lowest BCUT2D eigenvalue weighted by Crippen LogP contribution is -2.35. The quantitative estimate of drug-likeness (QED) is 0.587. The Morgan fingerprint density at radius 3 is 2.74 bits per heavy atom. The zero-order valence-corrected chi connectivity index (χ0v) is 19.6. The van der Waals surface area contributed by atoms with Gasteiger partial charge in [0.2, 0.25) is 0 Å². The maximum atomic E-state index is 13.4. The first-order valence-electron chi connectivity index (χ1n) is 10.7. The fourth-order valence-electron chi connectivity index (χ4n) is 4.06. The lowest BCUT2D eigenvalue weighted by atomic mass is 10.1. The summed E-state index contributed by atoms with van der Waals surface area (Å²) in [7, 11) is 5.88. The van der Waals surface area contributed by atoms with Crippen LogP contribution in [0.1, 0.15) is 41.1 Å². The predicted octanol–water partition coefficient (Wildman–Crippen LogP) is 3.38. The van der Waals surface area contributed by atoms with Crippen LogP contribution in [0.3, 0.4) is 0 Å². The summed E-state index contributed by atoms with van der Waals surface area (Å²) in [6.45, 7) is 6.28. The summed E-state index contributed by atoms with van der Waals surface area (Å²) < 4.78 is 7.35. The molecule has 0 spiro atoms. The van der Waals surface area contributed by atoms with Crippen LogP contribution in [0.5, 0.6) is 5.75 Å². The molecule has 1 saturated heterocycles. The maximum Gasteiger partial charge on any atom is 0.274 e. The third-order valence-electron chi connectivity index (χ3n) is 6.23. The van der Waals surface area contributed by atoms with Crippen molar-refractivity contribution in [2.75, 3.05) is 47.4 Å². The Morgan fingerprint density at radius 2 is 2.00 bits per heavy atom. The number of nitrogens with zero attached hydrogens (tertiary/aromatic N) is 5. The van der Waals surface area contributed by atoms with E-state index >= 15 is 0 Å². The summed E-state index contributed by atoms with van der Waals surface area (Å²) in [4.78, 5) is 25.6. The van der Waals surface area contributed by atoms with Crippen molar-refractivity contribution in [3.63, 3.8) is 0 Å². The van der Waals surface area contributed by atoms with Gasteiger partial charge in [-0.05, 0) is 51.7 Å². The van der Waals surface area contributed by atoms with E-state index in [0.717, 1.165) is 49.0 Å². The minimum atomic E-state index is 0.0479. The van der Waals surface area contributed by atoms with Crippen LogP contribution in [0.4, 0.5) is 0 Å². The highest BCUT2D eigenvalue weighted by molar-refractivity contribution is 7.15. The number of amides is 1. The van der Waals surface area contributed by atoms with E-state index < -0.39 is 0 Å². The monoisotopic (exact) mass is 441 g/mol. The number of benzene rings is 1. The molecule has 3 heterocycles. The van der Waals surface area contributed by atoms with E-state index in [9.17, 15) is 4.79 Å². The Bertz CT molecular complexity index is 1030. The van der Waals surface area contributed by atoms with Crippen molar-refractivity contribution in [2.24, 2.45) is 0 Å². The summed E-state index contributed by atoms with van der Waals surface area (Å²) >= 11 is 1.57. The second-order valence-electron chi connectivity index (χ2n) is 8.28. The number of ether oxygens (including phenoxy) is 1. The van der Waals surface area contributed by atoms with E-state index in [0.29, 0.717) is 12.2 Å². The molecule has 1 fully saturated rings. The van der Waals surface area contributed by atoms with Crippen molar-refractivity contribution < 1.29 is 9.53 Å². The SMILES string of the molecule is COc1ccc(C(C)N(C)Cc2c(C(=O)N3CCCN(C)CC3)nc3sccn23)cc1. The summed E-state index contributed by atoms with van der Waals surface area (Å²) in [6.07, 6.45) is 3.01. The van der Waals surface area contributed by atoms with Crippen molar-refractivity contribution in [3.05, 3.63) is 52.8 Å². The maximum absolute atomic E-state index is 13.4. The molecule has 7 nitrogen and oxygen atoms in total. The minimum Gasteiger partial charge on any atom is -0.497 e. The molecule has 1 unspecified atom stereocenters. The number of hydrogen-bond donors (Lipinski definition) is 0. The lowest BCUT2D eigenvalue weighted by Gasteiger charge is -2.26. The van der Waals surface area contributed by atoms with Crippen LogP contribution in [-0.4, -0.2) is 77.4 Å². The number of rotatable bonds is 6. The summed E-state index contributed by atoms with van der Waals surface area (Å²) in [5, 5.41) is 2.02. The molecular weight excluding hydrogens is 410 g/mol. The third kappa shape index (κ3) is 4.61. The number of thiazole rings is 1. The van der Waals surface area contributed by atoms with Crippen LogP contribution < -0.4 is 4.74 Å². The van der Waals surface area contributed by atoms with Gasteiger partial charge >= 0.3 is 0 Å². The molecule has 166 valence electrons. The Balaban J connectivity index is 1.57. The number of fused-ring (bicyclic) bond motifs is 1. The number of likely N-dealkylation sites (N-methyl/N-ethyl adjacent to an activating group) is 1. The van der Waals surface area contributed by atoms with Gasteiger partial charge in [0, 0.05) is 43.8 Å². The first-order valence-corrected chi connectivity index (χ1v) is 11.6. The molecule has 0 saturated carbocycles. The molecule has 4 rings (SSSR count). The van der Waals surface area contributed by atoms with Gasteiger partial charge in [-0.3, -0.25) is 14.1 Å². The van der Waals surface area contributed by atoms with Crippen molar-refractivity contribution in [3.8, 4) is 5.75 Å². The van der Waals surface area contributed by atoms with E-state index in [1.165, 1.54) is 5.56 Å². The molecule has 1 aliphatic heterocycles. The van der Waals surface area contributed by atoms with Gasteiger partial charge in [-0.1, -0.05) is 12.1 Å². The van der Waals surface area contributed by atoms with Gasteiger partial charge in [-0.25, -0.2) is 4.98 Å². The molecule has 1 amide bonds. The second kappa shape index (κ2) is 9.38.